The molecule has 5 heteroatoms. The topological polar surface area (TPSA) is 99.2 Å². The minimum atomic E-state index is -1.00. The Bertz CT molecular complexity index is 391. The van der Waals surface area contributed by atoms with Crippen LogP contribution in [0.5, 0.6) is 0 Å². The Labute approximate surface area is 93.8 Å². The predicted molar refractivity (Wildman–Crippen MR) is 61.8 cm³/mol. The maximum atomic E-state index is 10.2. The molecule has 0 radical (unpaired) electrons. The molecule has 0 spiro atoms. The quantitative estimate of drug-likeness (QED) is 0.341. The van der Waals surface area contributed by atoms with Crippen LogP contribution in [0.4, 0.5) is 4.79 Å². The number of amidine groups is 1. The molecule has 0 unspecified atom stereocenters. The van der Waals surface area contributed by atoms with Gasteiger partial charge in [-0.15, -0.1) is 0 Å². The van der Waals surface area contributed by atoms with Crippen molar-refractivity contribution >= 4 is 11.9 Å². The maximum Gasteiger partial charge on any atom is 0.404 e. The highest BCUT2D eigenvalue weighted by atomic mass is 16.4. The second-order valence-electron chi connectivity index (χ2n) is 3.45. The van der Waals surface area contributed by atoms with Gasteiger partial charge in [-0.1, -0.05) is 18.2 Å². The molecule has 0 fully saturated rings. The largest absolute Gasteiger partial charge is 0.465 e. The van der Waals surface area contributed by atoms with E-state index in [1.807, 2.05) is 18.2 Å². The standard InChI is InChI=1S/C11H15N3O2/c12-10(13)9-5-1-3-8(7-9)4-2-6-14-11(15)16/h1,3,5,7,14H,2,4,6H2,(H3,12,13)(H,15,16). The fourth-order valence-corrected chi connectivity index (χ4v) is 1.38. The Morgan fingerprint density at radius 2 is 2.25 bits per heavy atom. The van der Waals surface area contributed by atoms with Gasteiger partial charge in [0.2, 0.25) is 0 Å². The zero-order chi connectivity index (χ0) is 12.0. The lowest BCUT2D eigenvalue weighted by atomic mass is 10.1. The Balaban J connectivity index is 2.45. The summed E-state index contributed by atoms with van der Waals surface area (Å²) in [5.41, 5.74) is 7.12. The molecular formula is C11H15N3O2. The van der Waals surface area contributed by atoms with Crippen molar-refractivity contribution in [2.45, 2.75) is 12.8 Å². The zero-order valence-electron chi connectivity index (χ0n) is 8.86. The van der Waals surface area contributed by atoms with E-state index in [2.05, 4.69) is 5.32 Å². The molecule has 0 saturated heterocycles. The van der Waals surface area contributed by atoms with Crippen LogP contribution in [0.1, 0.15) is 17.5 Å². The van der Waals surface area contributed by atoms with Gasteiger partial charge in [0, 0.05) is 12.1 Å². The van der Waals surface area contributed by atoms with Gasteiger partial charge < -0.3 is 16.2 Å². The first-order valence-corrected chi connectivity index (χ1v) is 4.99. The number of nitrogens with one attached hydrogen (secondary N) is 2. The molecular weight excluding hydrogens is 206 g/mol. The van der Waals surface area contributed by atoms with Gasteiger partial charge in [0.05, 0.1) is 0 Å². The molecule has 0 aliphatic rings. The van der Waals surface area contributed by atoms with E-state index in [1.54, 1.807) is 6.07 Å². The van der Waals surface area contributed by atoms with E-state index in [-0.39, 0.29) is 5.84 Å². The van der Waals surface area contributed by atoms with Crippen molar-refractivity contribution in [1.29, 1.82) is 5.41 Å². The van der Waals surface area contributed by atoms with Crippen LogP contribution in [0, 0.1) is 5.41 Å². The Kier molecular flexibility index (Phi) is 4.32. The van der Waals surface area contributed by atoms with Gasteiger partial charge >= 0.3 is 6.09 Å². The molecule has 0 saturated carbocycles. The number of carboxylic acid groups (broad SMARTS) is 1. The summed E-state index contributed by atoms with van der Waals surface area (Å²) in [6.45, 7) is 0.430. The molecule has 1 amide bonds. The number of nitrogen functional groups attached to an aromatic ring is 1. The Morgan fingerprint density at radius 3 is 2.88 bits per heavy atom. The molecule has 5 N–H and O–H groups in total. The summed E-state index contributed by atoms with van der Waals surface area (Å²) in [5, 5.41) is 18.0. The molecule has 86 valence electrons. The summed E-state index contributed by atoms with van der Waals surface area (Å²) >= 11 is 0. The summed E-state index contributed by atoms with van der Waals surface area (Å²) in [5.74, 6) is 0.0468. The van der Waals surface area contributed by atoms with Crippen molar-refractivity contribution in [2.24, 2.45) is 5.73 Å². The van der Waals surface area contributed by atoms with Crippen LogP contribution < -0.4 is 11.1 Å². The molecule has 1 aromatic rings. The van der Waals surface area contributed by atoms with E-state index >= 15 is 0 Å². The number of hydrogen-bond acceptors (Lipinski definition) is 2. The van der Waals surface area contributed by atoms with Crippen LogP contribution in [-0.4, -0.2) is 23.6 Å². The van der Waals surface area contributed by atoms with Gasteiger partial charge in [-0.2, -0.15) is 0 Å². The van der Waals surface area contributed by atoms with Crippen molar-refractivity contribution in [3.63, 3.8) is 0 Å². The minimum Gasteiger partial charge on any atom is -0.465 e. The summed E-state index contributed by atoms with van der Waals surface area (Å²) in [7, 11) is 0. The van der Waals surface area contributed by atoms with Crippen LogP contribution in [0.15, 0.2) is 24.3 Å². The van der Waals surface area contributed by atoms with Gasteiger partial charge in [-0.05, 0) is 24.5 Å². The highest BCUT2D eigenvalue weighted by Gasteiger charge is 1.99. The fourth-order valence-electron chi connectivity index (χ4n) is 1.38. The van der Waals surface area contributed by atoms with Crippen LogP contribution in [0.25, 0.3) is 0 Å². The first kappa shape index (κ1) is 12.0. The summed E-state index contributed by atoms with van der Waals surface area (Å²) in [4.78, 5) is 10.2. The van der Waals surface area contributed by atoms with Crippen molar-refractivity contribution in [2.75, 3.05) is 6.54 Å². The third-order valence-electron chi connectivity index (χ3n) is 2.16. The van der Waals surface area contributed by atoms with Crippen molar-refractivity contribution in [1.82, 2.24) is 5.32 Å². The van der Waals surface area contributed by atoms with Gasteiger partial charge in [0.15, 0.2) is 0 Å². The van der Waals surface area contributed by atoms with Gasteiger partial charge in [-0.3, -0.25) is 5.41 Å². The second-order valence-corrected chi connectivity index (χ2v) is 3.45. The van der Waals surface area contributed by atoms with Crippen LogP contribution in [0.2, 0.25) is 0 Å². The lowest BCUT2D eigenvalue weighted by Crippen LogP contribution is -2.22. The highest BCUT2D eigenvalue weighted by molar-refractivity contribution is 5.95. The van der Waals surface area contributed by atoms with Crippen LogP contribution in [0.3, 0.4) is 0 Å². The molecule has 16 heavy (non-hydrogen) atoms. The van der Waals surface area contributed by atoms with E-state index in [4.69, 9.17) is 16.2 Å². The van der Waals surface area contributed by atoms with Gasteiger partial charge in [0.25, 0.3) is 0 Å². The summed E-state index contributed by atoms with van der Waals surface area (Å²) in [6, 6.07) is 7.41. The number of carbonyl (C=O) groups is 1. The number of nitrogens with two attached hydrogens (primary N) is 1. The monoisotopic (exact) mass is 221 g/mol. The van der Waals surface area contributed by atoms with Crippen molar-refractivity contribution in [3.05, 3.63) is 35.4 Å². The average molecular weight is 221 g/mol. The van der Waals surface area contributed by atoms with Gasteiger partial charge in [0.1, 0.15) is 5.84 Å². The summed E-state index contributed by atoms with van der Waals surface area (Å²) < 4.78 is 0. The number of aryl methyl sites for hydroxylation is 1. The third kappa shape index (κ3) is 4.00. The molecule has 1 aromatic carbocycles. The minimum absolute atomic E-state index is 0.0468. The smallest absolute Gasteiger partial charge is 0.404 e. The van der Waals surface area contributed by atoms with Crippen LogP contribution >= 0.6 is 0 Å². The van der Waals surface area contributed by atoms with E-state index in [0.717, 1.165) is 18.4 Å². The molecule has 0 bridgehead atoms. The molecule has 0 atom stereocenters. The number of amides is 1. The molecule has 0 aliphatic heterocycles. The Hall–Kier alpha value is -2.04. The predicted octanol–water partition coefficient (Wildman–Crippen LogP) is 1.17. The first-order valence-electron chi connectivity index (χ1n) is 4.99. The number of benzene rings is 1. The Morgan fingerprint density at radius 1 is 1.50 bits per heavy atom. The van der Waals surface area contributed by atoms with E-state index in [1.165, 1.54) is 0 Å². The van der Waals surface area contributed by atoms with Crippen molar-refractivity contribution < 1.29 is 9.90 Å². The SMILES string of the molecule is N=C(N)c1cccc(CCCNC(=O)O)c1. The first-order chi connectivity index (χ1) is 7.59. The van der Waals surface area contributed by atoms with E-state index in [0.29, 0.717) is 12.1 Å². The molecule has 0 aromatic heterocycles. The lowest BCUT2D eigenvalue weighted by Gasteiger charge is -2.04. The van der Waals surface area contributed by atoms with Gasteiger partial charge in [-0.25, -0.2) is 4.79 Å². The molecule has 0 aliphatic carbocycles. The molecule has 0 heterocycles. The fraction of sp³-hybridized carbons (Fsp3) is 0.273. The maximum absolute atomic E-state index is 10.2. The zero-order valence-corrected chi connectivity index (χ0v) is 8.86. The highest BCUT2D eigenvalue weighted by Crippen LogP contribution is 2.06. The van der Waals surface area contributed by atoms with E-state index in [9.17, 15) is 4.79 Å². The number of hydrogen-bond donors (Lipinski definition) is 4. The summed E-state index contributed by atoms with van der Waals surface area (Å²) in [6.07, 6.45) is 0.493. The normalized spacial score (nSPS) is 9.75. The van der Waals surface area contributed by atoms with Crippen molar-refractivity contribution in [3.8, 4) is 0 Å². The van der Waals surface area contributed by atoms with Crippen LogP contribution in [-0.2, 0) is 6.42 Å². The molecule has 1 rings (SSSR count). The third-order valence-corrected chi connectivity index (χ3v) is 2.16. The lowest BCUT2D eigenvalue weighted by molar-refractivity contribution is 0.194. The molecule has 5 nitrogen and oxygen atoms in total. The average Bonchev–Trinajstić information content (AvgIpc) is 2.24. The van der Waals surface area contributed by atoms with E-state index < -0.39 is 6.09 Å². The number of rotatable bonds is 5. The second kappa shape index (κ2) is 5.75.